The predicted octanol–water partition coefficient (Wildman–Crippen LogP) is 1.73. The van der Waals surface area contributed by atoms with Gasteiger partial charge in [0, 0.05) is 0 Å². The van der Waals surface area contributed by atoms with E-state index in [1.54, 1.807) is 6.92 Å². The molecule has 0 spiro atoms. The van der Waals surface area contributed by atoms with E-state index in [1.807, 2.05) is 30.3 Å². The highest BCUT2D eigenvalue weighted by Crippen LogP contribution is 2.02. The molecule has 0 radical (unpaired) electrons. The van der Waals surface area contributed by atoms with Gasteiger partial charge in [0.25, 0.3) is 0 Å². The Morgan fingerprint density at radius 2 is 1.94 bits per heavy atom. The van der Waals surface area contributed by atoms with Crippen molar-refractivity contribution in [3.8, 4) is 0 Å². The second-order valence-corrected chi connectivity index (χ2v) is 3.07. The van der Waals surface area contributed by atoms with E-state index in [0.29, 0.717) is 0 Å². The van der Waals surface area contributed by atoms with Gasteiger partial charge in [-0.1, -0.05) is 30.3 Å². The van der Waals surface area contributed by atoms with E-state index in [4.69, 9.17) is 9.47 Å². The van der Waals surface area contributed by atoms with E-state index in [-0.39, 0.29) is 19.1 Å². The van der Waals surface area contributed by atoms with E-state index in [0.717, 1.165) is 5.56 Å². The Morgan fingerprint density at radius 1 is 1.24 bits per heavy atom. The topological polar surface area (TPSA) is 57.1 Å². The van der Waals surface area contributed by atoms with Gasteiger partial charge in [-0.25, -0.2) is 4.79 Å². The molecule has 0 N–H and O–H groups in total. The summed E-state index contributed by atoms with van der Waals surface area (Å²) in [4.78, 5) is 15.9. The average Bonchev–Trinajstić information content (AvgIpc) is 2.36. The highest BCUT2D eigenvalue weighted by atomic mass is 16.6. The fourth-order valence-corrected chi connectivity index (χ4v) is 1.12. The minimum Gasteiger partial charge on any atom is -0.466 e. The largest absolute Gasteiger partial charge is 0.466 e. The van der Waals surface area contributed by atoms with Crippen molar-refractivity contribution in [3.63, 3.8) is 0 Å². The summed E-state index contributed by atoms with van der Waals surface area (Å²) in [6.45, 7) is 2.21. The van der Waals surface area contributed by atoms with Crippen molar-refractivity contribution in [3.05, 3.63) is 35.9 Å². The Balaban J connectivity index is 2.57. The van der Waals surface area contributed by atoms with E-state index < -0.39 is 5.97 Å². The quantitative estimate of drug-likeness (QED) is 0.346. The lowest BCUT2D eigenvalue weighted by Crippen LogP contribution is -2.21. The lowest BCUT2D eigenvalue weighted by atomic mass is 10.2. The summed E-state index contributed by atoms with van der Waals surface area (Å²) in [5.41, 5.74) is 0.931. The van der Waals surface area contributed by atoms with Crippen molar-refractivity contribution < 1.29 is 19.1 Å². The Kier molecular flexibility index (Phi) is 5.57. The highest BCUT2D eigenvalue weighted by Gasteiger charge is 2.15. The van der Waals surface area contributed by atoms with E-state index in [9.17, 15) is 4.79 Å². The number of ether oxygens (including phenoxy) is 2. The molecule has 0 bridgehead atoms. The monoisotopic (exact) mass is 237 g/mol. The number of carbonyl (C=O) groups excluding carboxylic acids is 1. The zero-order valence-electron chi connectivity index (χ0n) is 9.88. The molecular formula is C12H15NO4. The summed E-state index contributed by atoms with van der Waals surface area (Å²) in [5, 5.41) is 3.48. The Labute approximate surface area is 100.0 Å². The fraction of sp³-hybridized carbons (Fsp3) is 0.333. The van der Waals surface area contributed by atoms with Crippen LogP contribution in [0, 0.1) is 0 Å². The van der Waals surface area contributed by atoms with Gasteiger partial charge >= 0.3 is 11.9 Å². The standard InChI is InChI=1S/C12H15NO4/c1-3-16-12(14)11(13-15-2)17-9-10-7-5-4-6-8-10/h4-8H,3,9H2,1-2H3/b13-11+. The number of hydrogen-bond donors (Lipinski definition) is 0. The van der Waals surface area contributed by atoms with Gasteiger partial charge in [-0.15, -0.1) is 0 Å². The molecule has 0 aromatic heterocycles. The number of esters is 1. The van der Waals surface area contributed by atoms with Gasteiger partial charge in [0.2, 0.25) is 0 Å². The predicted molar refractivity (Wildman–Crippen MR) is 62.3 cm³/mol. The molecule has 1 aromatic carbocycles. The van der Waals surface area contributed by atoms with Gasteiger partial charge < -0.3 is 14.3 Å². The third-order valence-corrected chi connectivity index (χ3v) is 1.84. The van der Waals surface area contributed by atoms with E-state index in [1.165, 1.54) is 7.11 Å². The summed E-state index contributed by atoms with van der Waals surface area (Å²) in [6.07, 6.45) is 0. The van der Waals surface area contributed by atoms with Crippen LogP contribution in [0.1, 0.15) is 12.5 Å². The van der Waals surface area contributed by atoms with Crippen LogP contribution in [0.25, 0.3) is 0 Å². The van der Waals surface area contributed by atoms with Crippen LogP contribution in [0.4, 0.5) is 0 Å². The Morgan fingerprint density at radius 3 is 2.53 bits per heavy atom. The van der Waals surface area contributed by atoms with E-state index >= 15 is 0 Å². The molecular weight excluding hydrogens is 222 g/mol. The molecule has 0 aliphatic heterocycles. The Hall–Kier alpha value is -2.04. The maximum absolute atomic E-state index is 11.4. The highest BCUT2D eigenvalue weighted by molar-refractivity contribution is 6.32. The third-order valence-electron chi connectivity index (χ3n) is 1.84. The zero-order valence-corrected chi connectivity index (χ0v) is 9.88. The van der Waals surface area contributed by atoms with E-state index in [2.05, 4.69) is 9.99 Å². The van der Waals surface area contributed by atoms with Crippen molar-refractivity contribution in [2.75, 3.05) is 13.7 Å². The van der Waals surface area contributed by atoms with Crippen LogP contribution in [0.2, 0.25) is 0 Å². The molecule has 92 valence electrons. The molecule has 5 nitrogen and oxygen atoms in total. The summed E-state index contributed by atoms with van der Waals surface area (Å²) in [5.74, 6) is -0.816. The molecule has 0 saturated heterocycles. The minimum atomic E-state index is -0.634. The van der Waals surface area contributed by atoms with Crippen LogP contribution in [-0.4, -0.2) is 25.6 Å². The molecule has 17 heavy (non-hydrogen) atoms. The number of benzene rings is 1. The molecule has 0 amide bonds. The van der Waals surface area contributed by atoms with Crippen LogP contribution < -0.4 is 0 Å². The normalized spacial score (nSPS) is 10.8. The van der Waals surface area contributed by atoms with Crippen molar-refractivity contribution in [2.24, 2.45) is 5.16 Å². The van der Waals surface area contributed by atoms with Gasteiger partial charge in [-0.2, -0.15) is 0 Å². The number of carbonyl (C=O) groups is 1. The van der Waals surface area contributed by atoms with Crippen LogP contribution in [0.5, 0.6) is 0 Å². The molecule has 0 aliphatic rings. The molecule has 0 unspecified atom stereocenters. The fourth-order valence-electron chi connectivity index (χ4n) is 1.12. The van der Waals surface area contributed by atoms with Gasteiger partial charge in [-0.05, 0) is 17.6 Å². The molecule has 0 heterocycles. The maximum atomic E-state index is 11.4. The molecule has 0 saturated carbocycles. The van der Waals surface area contributed by atoms with Crippen molar-refractivity contribution in [1.82, 2.24) is 0 Å². The van der Waals surface area contributed by atoms with Crippen LogP contribution >= 0.6 is 0 Å². The lowest BCUT2D eigenvalue weighted by molar-refractivity contribution is -0.137. The first-order valence-electron chi connectivity index (χ1n) is 5.23. The van der Waals surface area contributed by atoms with Crippen LogP contribution in [0.15, 0.2) is 35.5 Å². The molecule has 1 rings (SSSR count). The SMILES string of the molecule is CCOC(=O)/C(=N\OC)OCc1ccccc1. The lowest BCUT2D eigenvalue weighted by Gasteiger charge is -2.07. The number of rotatable bonds is 4. The first kappa shape index (κ1) is 13.0. The second kappa shape index (κ2) is 7.27. The molecule has 5 heteroatoms. The Bertz CT molecular complexity index is 375. The third kappa shape index (κ3) is 4.55. The molecule has 0 atom stereocenters. The van der Waals surface area contributed by atoms with Crippen LogP contribution in [-0.2, 0) is 25.7 Å². The van der Waals surface area contributed by atoms with Crippen molar-refractivity contribution in [1.29, 1.82) is 0 Å². The summed E-state index contributed by atoms with van der Waals surface area (Å²) >= 11 is 0. The second-order valence-electron chi connectivity index (χ2n) is 3.07. The first-order valence-corrected chi connectivity index (χ1v) is 5.23. The summed E-state index contributed by atoms with van der Waals surface area (Å²) < 4.78 is 10.0. The zero-order chi connectivity index (χ0) is 12.5. The van der Waals surface area contributed by atoms with Gasteiger partial charge in [-0.3, -0.25) is 0 Å². The van der Waals surface area contributed by atoms with Crippen molar-refractivity contribution in [2.45, 2.75) is 13.5 Å². The maximum Gasteiger partial charge on any atom is 0.397 e. The average molecular weight is 237 g/mol. The summed E-state index contributed by atoms with van der Waals surface area (Å²) in [7, 11) is 1.34. The number of hydrogen-bond acceptors (Lipinski definition) is 5. The van der Waals surface area contributed by atoms with Gasteiger partial charge in [0.15, 0.2) is 0 Å². The molecule has 1 aromatic rings. The van der Waals surface area contributed by atoms with Gasteiger partial charge in [0.1, 0.15) is 13.7 Å². The minimum absolute atomic E-state index is 0.182. The first-order chi connectivity index (χ1) is 8.27. The molecule has 0 fully saturated rings. The number of oxime groups is 1. The number of nitrogens with zero attached hydrogens (tertiary/aromatic N) is 1. The van der Waals surface area contributed by atoms with Crippen LogP contribution in [0.3, 0.4) is 0 Å². The summed E-state index contributed by atoms with van der Waals surface area (Å²) in [6, 6.07) is 9.44. The molecule has 0 aliphatic carbocycles. The van der Waals surface area contributed by atoms with Gasteiger partial charge in [0.05, 0.1) is 6.61 Å². The smallest absolute Gasteiger partial charge is 0.397 e. The van der Waals surface area contributed by atoms with Crippen molar-refractivity contribution >= 4 is 11.9 Å².